The van der Waals surface area contributed by atoms with Gasteiger partial charge in [0.05, 0.1) is 10.2 Å². The molecule has 0 amide bonds. The number of aromatic nitrogens is 4. The molecule has 0 aliphatic carbocycles. The van der Waals surface area contributed by atoms with Crippen molar-refractivity contribution in [3.63, 3.8) is 0 Å². The van der Waals surface area contributed by atoms with Crippen LogP contribution in [-0.2, 0) is 0 Å². The average molecular weight is 725 g/mol. The lowest BCUT2D eigenvalue weighted by Crippen LogP contribution is -2.00. The van der Waals surface area contributed by atoms with Crippen molar-refractivity contribution in [2.45, 2.75) is 0 Å². The van der Waals surface area contributed by atoms with Crippen LogP contribution in [0.4, 0.5) is 0 Å². The average Bonchev–Trinajstić information content (AvgIpc) is 3.84. The van der Waals surface area contributed by atoms with E-state index in [-0.39, 0.29) is 0 Å². The Morgan fingerprint density at radius 3 is 1.70 bits per heavy atom. The summed E-state index contributed by atoms with van der Waals surface area (Å²) >= 11 is 3.48. The van der Waals surface area contributed by atoms with Crippen LogP contribution in [0.5, 0.6) is 0 Å². The van der Waals surface area contributed by atoms with Gasteiger partial charge >= 0.3 is 0 Å². The van der Waals surface area contributed by atoms with Gasteiger partial charge in [0.15, 0.2) is 17.5 Å². The minimum atomic E-state index is 0.631. The van der Waals surface area contributed by atoms with Crippen molar-refractivity contribution >= 4 is 74.6 Å². The van der Waals surface area contributed by atoms with Crippen molar-refractivity contribution < 1.29 is 0 Å². The third kappa shape index (κ3) is 5.11. The normalized spacial score (nSPS) is 11.7. The Morgan fingerprint density at radius 1 is 0.370 bits per heavy atom. The monoisotopic (exact) mass is 724 g/mol. The summed E-state index contributed by atoms with van der Waals surface area (Å²) in [6.45, 7) is 0. The topological polar surface area (TPSA) is 51.6 Å². The number of fused-ring (bicyclic) bond motifs is 7. The van der Waals surface area contributed by atoms with Gasteiger partial charge < -0.3 is 0 Å². The van der Waals surface area contributed by atoms with Crippen LogP contribution in [0.2, 0.25) is 0 Å². The smallest absolute Gasteiger partial charge is 0.166 e. The second-order valence-corrected chi connectivity index (χ2v) is 15.5. The predicted molar refractivity (Wildman–Crippen MR) is 228 cm³/mol. The van der Waals surface area contributed by atoms with Crippen molar-refractivity contribution in [1.82, 2.24) is 19.9 Å². The van der Waals surface area contributed by atoms with Gasteiger partial charge in [-0.05, 0) is 50.9 Å². The van der Waals surface area contributed by atoms with Crippen LogP contribution in [0.15, 0.2) is 170 Å². The van der Waals surface area contributed by atoms with Gasteiger partial charge in [0.1, 0.15) is 5.01 Å². The van der Waals surface area contributed by atoms with E-state index < -0.39 is 0 Å². The first kappa shape index (κ1) is 31.0. The number of thiazole rings is 1. The summed E-state index contributed by atoms with van der Waals surface area (Å²) in [4.78, 5) is 20.9. The third-order valence-corrected chi connectivity index (χ3v) is 12.4. The maximum absolute atomic E-state index is 5.32. The van der Waals surface area contributed by atoms with Gasteiger partial charge in [-0.3, -0.25) is 0 Å². The van der Waals surface area contributed by atoms with Gasteiger partial charge in [-0.15, -0.1) is 22.7 Å². The van der Waals surface area contributed by atoms with Gasteiger partial charge in [0.25, 0.3) is 0 Å². The Labute approximate surface area is 318 Å². The number of hydrogen-bond acceptors (Lipinski definition) is 6. The Balaban J connectivity index is 1.14. The van der Waals surface area contributed by atoms with Crippen molar-refractivity contribution in [1.29, 1.82) is 0 Å². The second-order valence-electron chi connectivity index (χ2n) is 13.4. The van der Waals surface area contributed by atoms with Gasteiger partial charge in [0, 0.05) is 42.4 Å². The molecule has 0 N–H and O–H groups in total. The zero-order chi connectivity index (χ0) is 35.6. The molecule has 0 unspecified atom stereocenters. The van der Waals surface area contributed by atoms with E-state index in [4.69, 9.17) is 19.9 Å². The highest BCUT2D eigenvalue weighted by atomic mass is 32.1. The maximum Gasteiger partial charge on any atom is 0.166 e. The molecule has 0 fully saturated rings. The molecule has 0 saturated heterocycles. The number of rotatable bonds is 5. The van der Waals surface area contributed by atoms with Crippen molar-refractivity contribution in [2.75, 3.05) is 0 Å². The van der Waals surface area contributed by atoms with Crippen LogP contribution in [0, 0.1) is 0 Å². The third-order valence-electron chi connectivity index (χ3n) is 10.2. The largest absolute Gasteiger partial charge is 0.236 e. The van der Waals surface area contributed by atoms with E-state index in [1.54, 1.807) is 22.7 Å². The standard InChI is InChI=1S/C48H28N4S2/c1-3-13-30(14-4-1)45-50-46(31-25-23-29(24-26-31)38-27-33-17-7-8-18-34(33)35-19-9-10-20-36(35)38)52-47(51-45)43-42-37-21-11-12-22-40(37)53-41(42)28-39-44(43)54-48(49-39)32-15-5-2-6-16-32/h1-28H. The molecule has 11 rings (SSSR count). The molecule has 0 atom stereocenters. The molecule has 252 valence electrons. The maximum atomic E-state index is 5.32. The van der Waals surface area contributed by atoms with Crippen LogP contribution in [0.3, 0.4) is 0 Å². The van der Waals surface area contributed by atoms with E-state index in [9.17, 15) is 0 Å². The molecule has 0 aliphatic heterocycles. The second kappa shape index (κ2) is 12.5. The molecule has 0 saturated carbocycles. The summed E-state index contributed by atoms with van der Waals surface area (Å²) in [7, 11) is 0. The van der Waals surface area contributed by atoms with Crippen LogP contribution in [0.25, 0.3) is 108 Å². The number of nitrogens with zero attached hydrogens (tertiary/aromatic N) is 4. The quantitative estimate of drug-likeness (QED) is 0.166. The van der Waals surface area contributed by atoms with Crippen LogP contribution >= 0.6 is 22.7 Å². The summed E-state index contributed by atoms with van der Waals surface area (Å²) in [5, 5.41) is 8.30. The first-order chi connectivity index (χ1) is 26.7. The number of thiophene rings is 1. The Bertz CT molecular complexity index is 3200. The van der Waals surface area contributed by atoms with Gasteiger partial charge in [-0.1, -0.05) is 152 Å². The lowest BCUT2D eigenvalue weighted by atomic mass is 9.93. The molecular weight excluding hydrogens is 697 g/mol. The number of hydrogen-bond donors (Lipinski definition) is 0. The van der Waals surface area contributed by atoms with Crippen molar-refractivity contribution in [2.24, 2.45) is 0 Å². The Kier molecular flexibility index (Phi) is 7.18. The molecule has 0 radical (unpaired) electrons. The van der Waals surface area contributed by atoms with Gasteiger partial charge in [-0.2, -0.15) is 0 Å². The first-order valence-corrected chi connectivity index (χ1v) is 19.5. The summed E-state index contributed by atoms with van der Waals surface area (Å²) < 4.78 is 3.46. The van der Waals surface area contributed by atoms with E-state index in [0.29, 0.717) is 17.5 Å². The summed E-state index contributed by atoms with van der Waals surface area (Å²) in [5.41, 5.74) is 7.26. The fourth-order valence-corrected chi connectivity index (χ4v) is 9.86. The predicted octanol–water partition coefficient (Wildman–Crippen LogP) is 13.5. The van der Waals surface area contributed by atoms with Crippen molar-refractivity contribution in [3.8, 4) is 55.9 Å². The van der Waals surface area contributed by atoms with E-state index >= 15 is 0 Å². The molecular formula is C48H28N4S2. The molecule has 54 heavy (non-hydrogen) atoms. The zero-order valence-electron chi connectivity index (χ0n) is 28.8. The van der Waals surface area contributed by atoms with Crippen LogP contribution < -0.4 is 0 Å². The van der Waals surface area contributed by atoms with Crippen molar-refractivity contribution in [3.05, 3.63) is 170 Å². The minimum Gasteiger partial charge on any atom is -0.236 e. The van der Waals surface area contributed by atoms with E-state index in [0.717, 1.165) is 48.4 Å². The van der Waals surface area contributed by atoms with E-state index in [2.05, 4.69) is 146 Å². The molecule has 0 bridgehead atoms. The summed E-state index contributed by atoms with van der Waals surface area (Å²) in [6.07, 6.45) is 0. The van der Waals surface area contributed by atoms with Crippen LogP contribution in [-0.4, -0.2) is 19.9 Å². The lowest BCUT2D eigenvalue weighted by Gasteiger charge is -2.12. The fourth-order valence-electron chi connectivity index (χ4n) is 7.61. The van der Waals surface area contributed by atoms with Gasteiger partial charge in [0.2, 0.25) is 0 Å². The molecule has 6 heteroatoms. The van der Waals surface area contributed by atoms with Gasteiger partial charge in [-0.25, -0.2) is 19.9 Å². The number of benzene rings is 8. The highest BCUT2D eigenvalue weighted by Gasteiger charge is 2.23. The molecule has 3 heterocycles. The molecule has 8 aromatic carbocycles. The minimum absolute atomic E-state index is 0.631. The molecule has 0 aliphatic rings. The fraction of sp³-hybridized carbons (Fsp3) is 0. The SMILES string of the molecule is c1ccc(-c2nc(-c3ccc(-c4cc5ccccc5c5ccccc45)cc3)nc(-c3c4sc(-c5ccccc5)nc4cc4sc5ccccc5c34)n2)cc1. The van der Waals surface area contributed by atoms with E-state index in [1.165, 1.54) is 41.9 Å². The highest BCUT2D eigenvalue weighted by Crippen LogP contribution is 2.46. The Morgan fingerprint density at radius 2 is 0.944 bits per heavy atom. The molecule has 11 aromatic rings. The molecule has 0 spiro atoms. The first-order valence-electron chi connectivity index (χ1n) is 17.9. The summed E-state index contributed by atoms with van der Waals surface area (Å²) in [5.74, 6) is 1.91. The lowest BCUT2D eigenvalue weighted by molar-refractivity contribution is 1.08. The van der Waals surface area contributed by atoms with E-state index in [1.807, 2.05) is 24.3 Å². The Hall–Kier alpha value is -6.60. The van der Waals surface area contributed by atoms with Crippen LogP contribution in [0.1, 0.15) is 0 Å². The zero-order valence-corrected chi connectivity index (χ0v) is 30.4. The molecule has 4 nitrogen and oxygen atoms in total. The summed E-state index contributed by atoms with van der Waals surface area (Å²) in [6, 6.07) is 59.7. The molecule has 3 aromatic heterocycles. The highest BCUT2D eigenvalue weighted by molar-refractivity contribution is 7.26.